The quantitative estimate of drug-likeness (QED) is 0.112. The lowest BCUT2D eigenvalue weighted by Gasteiger charge is -2.16. The van der Waals surface area contributed by atoms with Gasteiger partial charge in [0, 0.05) is 17.3 Å². The fourth-order valence-electron chi connectivity index (χ4n) is 3.56. The Morgan fingerprint density at radius 1 is 0.875 bits per heavy atom. The van der Waals surface area contributed by atoms with E-state index in [1.807, 2.05) is 43.3 Å². The van der Waals surface area contributed by atoms with E-state index in [0.717, 1.165) is 37.7 Å². The molecule has 2 rings (SSSR count). The molecule has 3 N–H and O–H groups in total. The second kappa shape index (κ2) is 12.7. The smallest absolute Gasteiger partial charge is 0.165 e. The fourth-order valence-corrected chi connectivity index (χ4v) is 3.56. The van der Waals surface area contributed by atoms with Crippen molar-refractivity contribution in [2.45, 2.75) is 72.6 Å². The summed E-state index contributed by atoms with van der Waals surface area (Å²) in [4.78, 5) is 4.54. The van der Waals surface area contributed by atoms with E-state index in [-0.39, 0.29) is 17.2 Å². The van der Waals surface area contributed by atoms with Gasteiger partial charge in [0.15, 0.2) is 11.5 Å². The molecule has 0 atom stereocenters. The standard InChI is InChI=1S/C28H37NO3/c1-5-6-8-16-23-25(29-19-22-14-9-7-10-15-22)26(30)24(28(32)27(23)31)18-17-21(4)13-11-12-20(2)3/h7,9-10,12,14-15,17,19,30-32H,5-6,8,11,13,16,18H2,1-4H3/b21-17+,29-19?. The summed E-state index contributed by atoms with van der Waals surface area (Å²) in [5.41, 5.74) is 4.50. The van der Waals surface area contributed by atoms with Gasteiger partial charge < -0.3 is 15.3 Å². The van der Waals surface area contributed by atoms with Crippen molar-refractivity contribution in [2.75, 3.05) is 0 Å². The molecular weight excluding hydrogens is 398 g/mol. The topological polar surface area (TPSA) is 73.0 Å². The number of aliphatic imine (C=N–C) groups is 1. The second-order valence-corrected chi connectivity index (χ2v) is 8.55. The molecular formula is C28H37NO3. The van der Waals surface area contributed by atoms with Crippen LogP contribution in [0.15, 0.2) is 58.6 Å². The maximum absolute atomic E-state index is 11.0. The molecule has 4 nitrogen and oxygen atoms in total. The van der Waals surface area contributed by atoms with Gasteiger partial charge in [-0.1, -0.05) is 73.4 Å². The third-order valence-electron chi connectivity index (χ3n) is 5.51. The molecule has 2 aromatic rings. The first-order chi connectivity index (χ1) is 15.3. The molecule has 0 aliphatic rings. The van der Waals surface area contributed by atoms with Crippen LogP contribution >= 0.6 is 0 Å². The zero-order valence-corrected chi connectivity index (χ0v) is 19.9. The Morgan fingerprint density at radius 3 is 2.22 bits per heavy atom. The van der Waals surface area contributed by atoms with Crippen LogP contribution in [0.25, 0.3) is 0 Å². The monoisotopic (exact) mass is 435 g/mol. The van der Waals surface area contributed by atoms with Gasteiger partial charge in [0.2, 0.25) is 0 Å². The first-order valence-corrected chi connectivity index (χ1v) is 11.5. The van der Waals surface area contributed by atoms with Crippen LogP contribution in [-0.4, -0.2) is 21.5 Å². The van der Waals surface area contributed by atoms with Crippen LogP contribution in [0, 0.1) is 0 Å². The fraction of sp³-hybridized carbons (Fsp3) is 0.393. The number of aromatic hydroxyl groups is 3. The summed E-state index contributed by atoms with van der Waals surface area (Å²) in [5, 5.41) is 32.5. The van der Waals surface area contributed by atoms with E-state index >= 15 is 0 Å². The molecule has 4 heteroatoms. The highest BCUT2D eigenvalue weighted by Gasteiger charge is 2.22. The number of phenols is 3. The van der Waals surface area contributed by atoms with Crippen molar-refractivity contribution in [3.63, 3.8) is 0 Å². The molecule has 0 saturated carbocycles. The number of rotatable bonds is 11. The predicted octanol–water partition coefficient (Wildman–Crippen LogP) is 7.52. The Hall–Kier alpha value is -3.01. The molecule has 0 fully saturated rings. The van der Waals surface area contributed by atoms with Crippen LogP contribution in [0.4, 0.5) is 5.69 Å². The first-order valence-electron chi connectivity index (χ1n) is 11.5. The van der Waals surface area contributed by atoms with E-state index in [9.17, 15) is 15.3 Å². The van der Waals surface area contributed by atoms with Gasteiger partial charge in [-0.05, 0) is 58.4 Å². The molecule has 0 amide bonds. The van der Waals surface area contributed by atoms with Crippen LogP contribution in [0.5, 0.6) is 17.2 Å². The lowest BCUT2D eigenvalue weighted by molar-refractivity contribution is 0.386. The van der Waals surface area contributed by atoms with Crippen molar-refractivity contribution < 1.29 is 15.3 Å². The number of benzene rings is 2. The maximum atomic E-state index is 11.0. The Morgan fingerprint density at radius 2 is 1.56 bits per heavy atom. The molecule has 0 heterocycles. The van der Waals surface area contributed by atoms with Crippen molar-refractivity contribution in [2.24, 2.45) is 4.99 Å². The normalized spacial score (nSPS) is 11.8. The third-order valence-corrected chi connectivity index (χ3v) is 5.51. The van der Waals surface area contributed by atoms with Crippen LogP contribution in [0.2, 0.25) is 0 Å². The van der Waals surface area contributed by atoms with Crippen LogP contribution in [-0.2, 0) is 12.8 Å². The van der Waals surface area contributed by atoms with Gasteiger partial charge in [-0.3, -0.25) is 4.99 Å². The zero-order chi connectivity index (χ0) is 23.5. The van der Waals surface area contributed by atoms with Crippen molar-refractivity contribution in [1.82, 2.24) is 0 Å². The molecule has 0 unspecified atom stereocenters. The van der Waals surface area contributed by atoms with Crippen LogP contribution < -0.4 is 0 Å². The minimum Gasteiger partial charge on any atom is -0.505 e. The number of hydrogen-bond acceptors (Lipinski definition) is 4. The molecule has 0 aromatic heterocycles. The Labute approximate surface area is 192 Å². The van der Waals surface area contributed by atoms with Gasteiger partial charge in [0.05, 0.1) is 0 Å². The Balaban J connectivity index is 2.41. The number of unbranched alkanes of at least 4 members (excludes halogenated alkanes) is 2. The van der Waals surface area contributed by atoms with E-state index in [2.05, 4.69) is 31.8 Å². The van der Waals surface area contributed by atoms with Crippen molar-refractivity contribution in [3.05, 3.63) is 70.3 Å². The molecule has 0 saturated heterocycles. The molecule has 0 radical (unpaired) electrons. The van der Waals surface area contributed by atoms with Gasteiger partial charge in [0.25, 0.3) is 0 Å². The summed E-state index contributed by atoms with van der Waals surface area (Å²) in [5.74, 6) is -0.488. The van der Waals surface area contributed by atoms with E-state index in [0.29, 0.717) is 29.7 Å². The summed E-state index contributed by atoms with van der Waals surface area (Å²) in [6.07, 6.45) is 11.5. The van der Waals surface area contributed by atoms with E-state index in [1.54, 1.807) is 6.21 Å². The van der Waals surface area contributed by atoms with Gasteiger partial charge in [-0.25, -0.2) is 0 Å². The molecule has 0 aliphatic heterocycles. The minimum absolute atomic E-state index is 0.0627. The highest BCUT2D eigenvalue weighted by Crippen LogP contribution is 2.48. The van der Waals surface area contributed by atoms with E-state index < -0.39 is 0 Å². The summed E-state index contributed by atoms with van der Waals surface area (Å²) in [6, 6.07) is 9.63. The number of nitrogens with zero attached hydrogens (tertiary/aromatic N) is 1. The summed E-state index contributed by atoms with van der Waals surface area (Å²) < 4.78 is 0. The molecule has 32 heavy (non-hydrogen) atoms. The lowest BCUT2D eigenvalue weighted by Crippen LogP contribution is -1.95. The Bertz CT molecular complexity index is 968. The average molecular weight is 436 g/mol. The largest absolute Gasteiger partial charge is 0.505 e. The second-order valence-electron chi connectivity index (χ2n) is 8.55. The third kappa shape index (κ3) is 7.30. The average Bonchev–Trinajstić information content (AvgIpc) is 2.77. The minimum atomic E-state index is -0.249. The molecule has 2 aromatic carbocycles. The van der Waals surface area contributed by atoms with Crippen LogP contribution in [0.1, 0.15) is 76.5 Å². The lowest BCUT2D eigenvalue weighted by atomic mass is 9.97. The van der Waals surface area contributed by atoms with Crippen molar-refractivity contribution in [1.29, 1.82) is 0 Å². The number of allylic oxidation sites excluding steroid dienone is 4. The molecule has 0 aliphatic carbocycles. The van der Waals surface area contributed by atoms with Crippen LogP contribution in [0.3, 0.4) is 0 Å². The molecule has 0 bridgehead atoms. The predicted molar refractivity (Wildman–Crippen MR) is 134 cm³/mol. The SMILES string of the molecule is CCCCCc1c(O)c(O)c(C/C=C(\C)CCC=C(C)C)c(O)c1N=Cc1ccccc1. The number of phenolic OH excluding ortho intramolecular Hbond substituents is 3. The van der Waals surface area contributed by atoms with Gasteiger partial charge in [0.1, 0.15) is 11.4 Å². The van der Waals surface area contributed by atoms with E-state index in [1.165, 1.54) is 11.1 Å². The summed E-state index contributed by atoms with van der Waals surface area (Å²) in [7, 11) is 0. The summed E-state index contributed by atoms with van der Waals surface area (Å²) in [6.45, 7) is 8.31. The zero-order valence-electron chi connectivity index (χ0n) is 19.9. The first kappa shape index (κ1) is 25.3. The van der Waals surface area contributed by atoms with Crippen molar-refractivity contribution in [3.8, 4) is 17.2 Å². The molecule has 172 valence electrons. The molecule has 0 spiro atoms. The van der Waals surface area contributed by atoms with E-state index in [4.69, 9.17) is 0 Å². The Kier molecular flexibility index (Phi) is 10.1. The summed E-state index contributed by atoms with van der Waals surface area (Å²) >= 11 is 0. The van der Waals surface area contributed by atoms with Gasteiger partial charge in [-0.2, -0.15) is 0 Å². The van der Waals surface area contributed by atoms with Crippen molar-refractivity contribution >= 4 is 11.9 Å². The highest BCUT2D eigenvalue weighted by atomic mass is 16.3. The maximum Gasteiger partial charge on any atom is 0.165 e. The van der Waals surface area contributed by atoms with Gasteiger partial charge in [-0.15, -0.1) is 0 Å². The number of hydrogen-bond donors (Lipinski definition) is 3. The van der Waals surface area contributed by atoms with Gasteiger partial charge >= 0.3 is 0 Å². The highest BCUT2D eigenvalue weighted by molar-refractivity contribution is 5.84.